The first-order chi connectivity index (χ1) is 2.41. The number of hydrogen-bond donors (Lipinski definition) is 0. The molecule has 0 unspecified atom stereocenters. The van der Waals surface area contributed by atoms with Crippen LogP contribution in [0.1, 0.15) is 6.92 Å². The van der Waals surface area contributed by atoms with Gasteiger partial charge in [-0.25, -0.2) is 0 Å². The molecule has 0 amide bonds. The maximum Gasteiger partial charge on any atom is 1.00 e. The summed E-state index contributed by atoms with van der Waals surface area (Å²) in [4.78, 5) is 0. The largest absolute Gasteiger partial charge is 1.00 e. The van der Waals surface area contributed by atoms with Crippen molar-refractivity contribution in [3.05, 3.63) is 6.42 Å². The Kier molecular flexibility index (Phi) is 14.7. The first-order valence-corrected chi connectivity index (χ1v) is 2.44. The van der Waals surface area contributed by atoms with Crippen LogP contribution in [-0.2, 0) is 0 Å². The van der Waals surface area contributed by atoms with Crippen molar-refractivity contribution in [1.82, 2.24) is 0 Å². The molecule has 0 bridgehead atoms. The number of hydrogen-bond acceptors (Lipinski definition) is 1. The van der Waals surface area contributed by atoms with Crippen LogP contribution in [0, 0.1) is 11.7 Å². The van der Waals surface area contributed by atoms with E-state index in [1.54, 1.807) is 0 Å². The molecule has 0 aliphatic heterocycles. The van der Waals surface area contributed by atoms with Gasteiger partial charge in [0.1, 0.15) is 0 Å². The van der Waals surface area contributed by atoms with Crippen LogP contribution in [0.5, 0.6) is 0 Å². The predicted octanol–water partition coefficient (Wildman–Crippen LogP) is -1.71. The second-order valence-electron chi connectivity index (χ2n) is 0.535. The molecular weight excluding hydrogens is 87.1 g/mol. The van der Waals surface area contributed by atoms with E-state index in [0.717, 1.165) is 5.75 Å². The zero-order chi connectivity index (χ0) is 4.12. The van der Waals surface area contributed by atoms with Gasteiger partial charge in [0, 0.05) is 0 Å². The fourth-order valence-electron chi connectivity index (χ4n) is 0.0722. The topological polar surface area (TPSA) is 0 Å². The average Bonchev–Trinajstić information content (AvgIpc) is 1.41. The maximum atomic E-state index is 6.32. The average molecular weight is 92.1 g/mol. The van der Waals surface area contributed by atoms with Gasteiger partial charge in [-0.2, -0.15) is 0 Å². The van der Waals surface area contributed by atoms with Gasteiger partial charge >= 0.3 is 18.9 Å². The van der Waals surface area contributed by atoms with E-state index in [1.807, 2.05) is 6.92 Å². The molecule has 28 valence electrons. The Hall–Kier alpha value is 0.507. The standard InChI is InChI=1S/C4H5S.Li/c1-3-5-4-2;/h3H2,1H3;/q-1;+1. The summed E-state index contributed by atoms with van der Waals surface area (Å²) in [5.41, 5.74) is 0. The number of rotatable bonds is 1. The van der Waals surface area contributed by atoms with E-state index in [1.165, 1.54) is 11.8 Å². The Morgan fingerprint density at radius 2 is 2.33 bits per heavy atom. The summed E-state index contributed by atoms with van der Waals surface area (Å²) in [5.74, 6) is 0.962. The molecule has 0 aromatic carbocycles. The zero-order valence-corrected chi connectivity index (χ0v) is 4.93. The minimum absolute atomic E-state index is 0. The van der Waals surface area contributed by atoms with Crippen molar-refractivity contribution < 1.29 is 18.9 Å². The van der Waals surface area contributed by atoms with Gasteiger partial charge in [-0.15, -0.1) is 11.8 Å². The minimum atomic E-state index is 0. The van der Waals surface area contributed by atoms with Crippen molar-refractivity contribution >= 4 is 11.8 Å². The third kappa shape index (κ3) is 8.82. The summed E-state index contributed by atoms with van der Waals surface area (Å²) in [5, 5.41) is 2.18. The smallest absolute Gasteiger partial charge is 0.681 e. The fourth-order valence-corrected chi connectivity index (χ4v) is 0.217. The van der Waals surface area contributed by atoms with Crippen molar-refractivity contribution in [2.75, 3.05) is 5.75 Å². The summed E-state index contributed by atoms with van der Waals surface area (Å²) >= 11 is 1.38. The minimum Gasteiger partial charge on any atom is -0.681 e. The molecule has 6 heavy (non-hydrogen) atoms. The molecule has 0 aliphatic rings. The molecule has 0 saturated heterocycles. The molecular formula is C4H5LiS. The van der Waals surface area contributed by atoms with Crippen LogP contribution < -0.4 is 18.9 Å². The fraction of sp³-hybridized carbons (Fsp3) is 0.500. The molecule has 0 aromatic rings. The summed E-state index contributed by atoms with van der Waals surface area (Å²) in [6.45, 7) is 1.99. The van der Waals surface area contributed by atoms with Gasteiger partial charge in [-0.3, -0.25) is 5.25 Å². The van der Waals surface area contributed by atoms with E-state index in [4.69, 9.17) is 6.42 Å². The van der Waals surface area contributed by atoms with Gasteiger partial charge in [0.05, 0.1) is 0 Å². The Balaban J connectivity index is 0. The molecule has 2 heteroatoms. The van der Waals surface area contributed by atoms with E-state index in [9.17, 15) is 0 Å². The Bertz CT molecular complexity index is 46.0. The zero-order valence-electron chi connectivity index (χ0n) is 4.12. The van der Waals surface area contributed by atoms with Crippen molar-refractivity contribution in [2.45, 2.75) is 6.92 Å². The second kappa shape index (κ2) is 9.10. The monoisotopic (exact) mass is 92.0 g/mol. The van der Waals surface area contributed by atoms with E-state index in [2.05, 4.69) is 5.25 Å². The van der Waals surface area contributed by atoms with E-state index < -0.39 is 0 Å². The first kappa shape index (κ1) is 9.72. The summed E-state index contributed by atoms with van der Waals surface area (Å²) in [6.07, 6.45) is 6.32. The predicted molar refractivity (Wildman–Crippen MR) is 25.3 cm³/mol. The van der Waals surface area contributed by atoms with Crippen LogP contribution in [0.15, 0.2) is 0 Å². The normalized spacial score (nSPS) is 5.33. The third-order valence-corrected chi connectivity index (χ3v) is 0.650. The molecule has 0 atom stereocenters. The molecule has 0 N–H and O–H groups in total. The van der Waals surface area contributed by atoms with Gasteiger partial charge in [0.15, 0.2) is 0 Å². The van der Waals surface area contributed by atoms with Crippen LogP contribution >= 0.6 is 11.8 Å². The molecule has 0 aromatic heterocycles. The third-order valence-electron chi connectivity index (χ3n) is 0.217. The van der Waals surface area contributed by atoms with Crippen molar-refractivity contribution in [3.63, 3.8) is 0 Å². The van der Waals surface area contributed by atoms with Crippen LogP contribution in [0.4, 0.5) is 0 Å². The van der Waals surface area contributed by atoms with Crippen LogP contribution in [-0.4, -0.2) is 5.75 Å². The Morgan fingerprint density at radius 1 is 1.83 bits per heavy atom. The SMILES string of the molecule is [C-]#CSCC.[Li+]. The van der Waals surface area contributed by atoms with Gasteiger partial charge in [-0.05, 0) is 5.75 Å². The van der Waals surface area contributed by atoms with Crippen LogP contribution in [0.2, 0.25) is 0 Å². The maximum absolute atomic E-state index is 6.32. The van der Waals surface area contributed by atoms with E-state index in [0.29, 0.717) is 0 Å². The quantitative estimate of drug-likeness (QED) is 0.211. The molecule has 0 spiro atoms. The Morgan fingerprint density at radius 3 is 2.33 bits per heavy atom. The number of thioether (sulfide) groups is 1. The van der Waals surface area contributed by atoms with E-state index in [-0.39, 0.29) is 18.9 Å². The van der Waals surface area contributed by atoms with Crippen LogP contribution in [0.3, 0.4) is 0 Å². The molecule has 0 radical (unpaired) electrons. The van der Waals surface area contributed by atoms with Gasteiger partial charge in [0.2, 0.25) is 0 Å². The van der Waals surface area contributed by atoms with Crippen molar-refractivity contribution in [3.8, 4) is 5.25 Å². The molecule has 0 aliphatic carbocycles. The van der Waals surface area contributed by atoms with Gasteiger partial charge < -0.3 is 6.42 Å². The van der Waals surface area contributed by atoms with Crippen molar-refractivity contribution in [1.29, 1.82) is 0 Å². The van der Waals surface area contributed by atoms with Gasteiger partial charge in [-0.1, -0.05) is 6.92 Å². The van der Waals surface area contributed by atoms with Crippen molar-refractivity contribution in [2.24, 2.45) is 0 Å². The summed E-state index contributed by atoms with van der Waals surface area (Å²) < 4.78 is 0. The first-order valence-electron chi connectivity index (χ1n) is 1.45. The van der Waals surface area contributed by atoms with Gasteiger partial charge in [0.25, 0.3) is 0 Å². The Labute approximate surface area is 55.3 Å². The molecule has 0 heterocycles. The van der Waals surface area contributed by atoms with Crippen LogP contribution in [0.25, 0.3) is 0 Å². The molecule has 0 rings (SSSR count). The summed E-state index contributed by atoms with van der Waals surface area (Å²) in [7, 11) is 0. The molecule has 0 nitrogen and oxygen atoms in total. The molecule has 0 saturated carbocycles. The second-order valence-corrected chi connectivity index (χ2v) is 1.61. The molecule has 0 fully saturated rings. The summed E-state index contributed by atoms with van der Waals surface area (Å²) in [6, 6.07) is 0. The van der Waals surface area contributed by atoms with E-state index >= 15 is 0 Å².